The third kappa shape index (κ3) is 5.65. The second-order valence-electron chi connectivity index (χ2n) is 15.2. The van der Waals surface area contributed by atoms with Crippen LogP contribution in [0.2, 0.25) is 0 Å². The molecule has 0 saturated heterocycles. The van der Waals surface area contributed by atoms with Crippen molar-refractivity contribution < 1.29 is 0 Å². The van der Waals surface area contributed by atoms with Crippen molar-refractivity contribution in [3.05, 3.63) is 24.8 Å². The zero-order valence-corrected chi connectivity index (χ0v) is 24.6. The largest absolute Gasteiger partial charge is 0.313 e. The standard InChI is InChI=1S/C37H59N/c1-2-26(23-24-38)30-11-7-12-31(25-30)27-17-19-29(20-18-27)33-21-22-37(36-15-6-5-14-34(33)36)35-16-8-10-28-9-3-4-13-32(28)35/h2,7,12,24,26-38H,1,3-6,8-11,13-23,25H2. The Kier molecular flexibility index (Phi) is 9.18. The van der Waals surface area contributed by atoms with Gasteiger partial charge in [-0.1, -0.05) is 63.2 Å². The van der Waals surface area contributed by atoms with E-state index in [-0.39, 0.29) is 0 Å². The highest BCUT2D eigenvalue weighted by molar-refractivity contribution is 5.53. The van der Waals surface area contributed by atoms with E-state index in [9.17, 15) is 0 Å². The average Bonchev–Trinajstić information content (AvgIpc) is 2.99. The Morgan fingerprint density at radius 2 is 1.16 bits per heavy atom. The summed E-state index contributed by atoms with van der Waals surface area (Å²) >= 11 is 0. The molecule has 0 bridgehead atoms. The van der Waals surface area contributed by atoms with Gasteiger partial charge in [0.2, 0.25) is 0 Å². The molecule has 1 N–H and O–H groups in total. The van der Waals surface area contributed by atoms with Gasteiger partial charge in [-0.2, -0.15) is 0 Å². The summed E-state index contributed by atoms with van der Waals surface area (Å²) in [5.41, 5.74) is 0. The molecule has 10 unspecified atom stereocenters. The second-order valence-corrected chi connectivity index (χ2v) is 15.2. The number of allylic oxidation sites excluding steroid dienone is 3. The summed E-state index contributed by atoms with van der Waals surface area (Å²) in [6, 6.07) is 0. The Balaban J connectivity index is 1.07. The maximum absolute atomic E-state index is 7.60. The average molecular weight is 518 g/mol. The fourth-order valence-corrected chi connectivity index (χ4v) is 12.0. The van der Waals surface area contributed by atoms with Gasteiger partial charge in [0.15, 0.2) is 0 Å². The Hall–Kier alpha value is -0.850. The Morgan fingerprint density at radius 3 is 1.89 bits per heavy atom. The molecule has 6 rings (SSSR count). The smallest absolute Gasteiger partial charge is 0.00418 e. The third-order valence-corrected chi connectivity index (χ3v) is 13.7. The molecule has 0 aliphatic heterocycles. The first-order valence-electron chi connectivity index (χ1n) is 17.5. The number of fused-ring (bicyclic) bond motifs is 2. The van der Waals surface area contributed by atoms with Gasteiger partial charge in [-0.05, 0) is 161 Å². The highest BCUT2D eigenvalue weighted by Gasteiger charge is 2.49. The van der Waals surface area contributed by atoms with Crippen molar-refractivity contribution in [1.82, 2.24) is 0 Å². The van der Waals surface area contributed by atoms with Crippen molar-refractivity contribution in [2.24, 2.45) is 71.0 Å². The summed E-state index contributed by atoms with van der Waals surface area (Å²) in [7, 11) is 0. The van der Waals surface area contributed by atoms with Gasteiger partial charge >= 0.3 is 0 Å². The van der Waals surface area contributed by atoms with Crippen LogP contribution in [0.4, 0.5) is 0 Å². The molecule has 1 nitrogen and oxygen atoms in total. The van der Waals surface area contributed by atoms with Crippen molar-refractivity contribution in [2.75, 3.05) is 0 Å². The molecule has 6 aliphatic carbocycles. The van der Waals surface area contributed by atoms with Gasteiger partial charge in [-0.15, -0.1) is 6.58 Å². The first-order valence-corrected chi connectivity index (χ1v) is 17.5. The van der Waals surface area contributed by atoms with Crippen LogP contribution in [0.5, 0.6) is 0 Å². The normalized spacial score (nSPS) is 46.4. The highest BCUT2D eigenvalue weighted by atomic mass is 14.5. The van der Waals surface area contributed by atoms with Crippen LogP contribution in [0.3, 0.4) is 0 Å². The molecule has 0 aromatic carbocycles. The van der Waals surface area contributed by atoms with Gasteiger partial charge in [0.05, 0.1) is 0 Å². The predicted octanol–water partition coefficient (Wildman–Crippen LogP) is 10.7. The molecule has 5 saturated carbocycles. The molecule has 0 heterocycles. The van der Waals surface area contributed by atoms with E-state index in [2.05, 4.69) is 24.8 Å². The molecular weight excluding hydrogens is 458 g/mol. The van der Waals surface area contributed by atoms with Gasteiger partial charge in [-0.25, -0.2) is 0 Å². The van der Waals surface area contributed by atoms with Crippen LogP contribution >= 0.6 is 0 Å². The topological polar surface area (TPSA) is 23.9 Å². The summed E-state index contributed by atoms with van der Waals surface area (Å²) < 4.78 is 0. The van der Waals surface area contributed by atoms with Crippen LogP contribution in [-0.4, -0.2) is 6.21 Å². The molecule has 0 amide bonds. The highest BCUT2D eigenvalue weighted by Crippen LogP contribution is 2.58. The van der Waals surface area contributed by atoms with Crippen molar-refractivity contribution in [3.8, 4) is 0 Å². The quantitative estimate of drug-likeness (QED) is 0.256. The maximum atomic E-state index is 7.60. The first-order chi connectivity index (χ1) is 18.8. The third-order valence-electron chi connectivity index (χ3n) is 13.7. The zero-order chi connectivity index (χ0) is 25.9. The minimum Gasteiger partial charge on any atom is -0.313 e. The van der Waals surface area contributed by atoms with Gasteiger partial charge in [0, 0.05) is 0 Å². The summed E-state index contributed by atoms with van der Waals surface area (Å²) in [4.78, 5) is 0. The first kappa shape index (κ1) is 27.3. The molecule has 38 heavy (non-hydrogen) atoms. The van der Waals surface area contributed by atoms with Gasteiger partial charge in [0.25, 0.3) is 0 Å². The van der Waals surface area contributed by atoms with Crippen LogP contribution in [0.25, 0.3) is 0 Å². The van der Waals surface area contributed by atoms with Crippen molar-refractivity contribution in [1.29, 1.82) is 5.41 Å². The summed E-state index contributed by atoms with van der Waals surface area (Å²) in [5, 5.41) is 7.60. The van der Waals surface area contributed by atoms with Crippen molar-refractivity contribution in [2.45, 2.75) is 128 Å². The lowest BCUT2D eigenvalue weighted by atomic mass is 9.51. The number of nitrogens with one attached hydrogen (secondary N) is 1. The Bertz CT molecular complexity index is 802. The lowest BCUT2D eigenvalue weighted by Gasteiger charge is -2.55. The molecule has 5 fully saturated rings. The summed E-state index contributed by atoms with van der Waals surface area (Å²) in [6.45, 7) is 4.11. The fourth-order valence-electron chi connectivity index (χ4n) is 12.0. The van der Waals surface area contributed by atoms with E-state index in [1.165, 1.54) is 64.2 Å². The Morgan fingerprint density at radius 1 is 0.632 bits per heavy atom. The second kappa shape index (κ2) is 12.8. The van der Waals surface area contributed by atoms with Crippen molar-refractivity contribution >= 4 is 6.21 Å². The zero-order valence-electron chi connectivity index (χ0n) is 24.6. The van der Waals surface area contributed by atoms with Crippen LogP contribution in [-0.2, 0) is 0 Å². The molecule has 0 radical (unpaired) electrons. The molecular formula is C37H59N. The van der Waals surface area contributed by atoms with E-state index in [0.29, 0.717) is 11.8 Å². The predicted molar refractivity (Wildman–Crippen MR) is 162 cm³/mol. The minimum atomic E-state index is 0.503. The number of hydrogen-bond acceptors (Lipinski definition) is 1. The molecule has 1 heteroatoms. The van der Waals surface area contributed by atoms with E-state index < -0.39 is 0 Å². The van der Waals surface area contributed by atoms with E-state index in [1.54, 1.807) is 64.0 Å². The van der Waals surface area contributed by atoms with Gasteiger partial charge < -0.3 is 5.41 Å². The van der Waals surface area contributed by atoms with Crippen LogP contribution in [0.15, 0.2) is 24.8 Å². The number of rotatable bonds is 7. The lowest BCUT2D eigenvalue weighted by Crippen LogP contribution is -2.46. The molecule has 10 atom stereocenters. The molecule has 0 aromatic heterocycles. The number of hydrogen-bond donors (Lipinski definition) is 1. The molecule has 212 valence electrons. The van der Waals surface area contributed by atoms with E-state index in [1.807, 2.05) is 0 Å². The van der Waals surface area contributed by atoms with E-state index in [0.717, 1.165) is 65.6 Å². The van der Waals surface area contributed by atoms with E-state index >= 15 is 0 Å². The van der Waals surface area contributed by atoms with Crippen molar-refractivity contribution in [3.63, 3.8) is 0 Å². The summed E-state index contributed by atoms with van der Waals surface area (Å²) in [5.74, 6) is 11.6. The Labute approximate surface area is 235 Å². The van der Waals surface area contributed by atoms with Crippen LogP contribution in [0.1, 0.15) is 128 Å². The van der Waals surface area contributed by atoms with Gasteiger partial charge in [0.1, 0.15) is 0 Å². The monoisotopic (exact) mass is 517 g/mol. The molecule has 0 spiro atoms. The lowest BCUT2D eigenvalue weighted by molar-refractivity contribution is -0.0499. The minimum absolute atomic E-state index is 0.503. The fraction of sp³-hybridized carbons (Fsp3) is 0.865. The van der Waals surface area contributed by atoms with Crippen LogP contribution < -0.4 is 0 Å². The summed E-state index contributed by atoms with van der Waals surface area (Å²) in [6.07, 6.45) is 38.7. The van der Waals surface area contributed by atoms with Gasteiger partial charge in [-0.3, -0.25) is 0 Å². The van der Waals surface area contributed by atoms with Crippen LogP contribution in [0, 0.1) is 76.4 Å². The SMILES string of the molecule is C=CC(CC=N)C1CC=CC(C2CCC(C3CCC(C4CCCC5CCCCC54)C4CCCCC34)CC2)C1. The van der Waals surface area contributed by atoms with E-state index in [4.69, 9.17) is 5.41 Å². The maximum Gasteiger partial charge on any atom is -0.00418 e. The molecule has 6 aliphatic rings. The molecule has 0 aromatic rings.